The van der Waals surface area contributed by atoms with Gasteiger partial charge in [-0.05, 0) is 52.9 Å². The molecule has 124 valence electrons. The predicted molar refractivity (Wildman–Crippen MR) is 78.3 cm³/mol. The number of rotatable bonds is 2. The number of alkyl carbamates (subject to hydrolysis) is 1. The maximum absolute atomic E-state index is 12.6. The van der Waals surface area contributed by atoms with Crippen LogP contribution in [0.15, 0.2) is 0 Å². The van der Waals surface area contributed by atoms with Crippen LogP contribution in [-0.2, 0) is 14.3 Å². The summed E-state index contributed by atoms with van der Waals surface area (Å²) >= 11 is 0. The lowest BCUT2D eigenvalue weighted by atomic mass is 10.1. The van der Waals surface area contributed by atoms with Crippen molar-refractivity contribution in [2.75, 3.05) is 0 Å². The van der Waals surface area contributed by atoms with E-state index >= 15 is 0 Å². The Morgan fingerprint density at radius 1 is 1.23 bits per heavy atom. The maximum atomic E-state index is 12.6. The van der Waals surface area contributed by atoms with E-state index in [1.165, 1.54) is 4.90 Å². The number of nitrogens with one attached hydrogen (secondary N) is 1. The highest BCUT2D eigenvalue weighted by molar-refractivity contribution is 5.90. The van der Waals surface area contributed by atoms with Gasteiger partial charge in [0.15, 0.2) is 0 Å². The van der Waals surface area contributed by atoms with Crippen LogP contribution >= 0.6 is 0 Å². The van der Waals surface area contributed by atoms with E-state index in [-0.39, 0.29) is 11.9 Å². The van der Waals surface area contributed by atoms with E-state index < -0.39 is 29.7 Å². The fourth-order valence-corrected chi connectivity index (χ4v) is 3.19. The minimum Gasteiger partial charge on any atom is -0.480 e. The first kappa shape index (κ1) is 16.6. The van der Waals surface area contributed by atoms with Crippen LogP contribution in [-0.4, -0.2) is 51.7 Å². The molecule has 3 atom stereocenters. The topological polar surface area (TPSA) is 95.9 Å². The SMILES string of the molecule is CC(C)(C)OC(=O)N[C@H]1CCCC2CC[C@@H](C(=O)O)N2C1=O. The average Bonchev–Trinajstić information content (AvgIpc) is 2.72. The number of nitrogens with zero attached hydrogens (tertiary/aromatic N) is 1. The number of ether oxygens (including phenoxy) is 1. The van der Waals surface area contributed by atoms with E-state index in [2.05, 4.69) is 5.32 Å². The van der Waals surface area contributed by atoms with Gasteiger partial charge in [-0.15, -0.1) is 0 Å². The molecule has 2 fully saturated rings. The van der Waals surface area contributed by atoms with Crippen LogP contribution in [0.3, 0.4) is 0 Å². The fourth-order valence-electron chi connectivity index (χ4n) is 3.19. The lowest BCUT2D eigenvalue weighted by molar-refractivity contribution is -0.150. The van der Waals surface area contributed by atoms with Gasteiger partial charge in [-0.25, -0.2) is 9.59 Å². The molecule has 2 amide bonds. The minimum atomic E-state index is -0.978. The monoisotopic (exact) mass is 312 g/mol. The van der Waals surface area contributed by atoms with E-state index in [9.17, 15) is 19.5 Å². The Bertz CT molecular complexity index is 471. The molecule has 0 aliphatic carbocycles. The van der Waals surface area contributed by atoms with E-state index in [1.54, 1.807) is 20.8 Å². The van der Waals surface area contributed by atoms with Crippen molar-refractivity contribution < 1.29 is 24.2 Å². The van der Waals surface area contributed by atoms with E-state index in [0.29, 0.717) is 19.3 Å². The zero-order valence-corrected chi connectivity index (χ0v) is 13.3. The number of carboxylic acids is 1. The summed E-state index contributed by atoms with van der Waals surface area (Å²) in [6, 6.07) is -1.52. The fraction of sp³-hybridized carbons (Fsp3) is 0.800. The summed E-state index contributed by atoms with van der Waals surface area (Å²) in [6.45, 7) is 5.25. The van der Waals surface area contributed by atoms with Gasteiger partial charge in [0.1, 0.15) is 17.7 Å². The summed E-state index contributed by atoms with van der Waals surface area (Å²) in [5.74, 6) is -1.29. The average molecular weight is 312 g/mol. The maximum Gasteiger partial charge on any atom is 0.408 e. The van der Waals surface area contributed by atoms with Gasteiger partial charge in [-0.1, -0.05) is 0 Å². The number of hydrogen-bond donors (Lipinski definition) is 2. The van der Waals surface area contributed by atoms with Crippen molar-refractivity contribution in [2.45, 2.75) is 76.6 Å². The zero-order chi connectivity index (χ0) is 16.5. The molecular formula is C15H24N2O5. The Morgan fingerprint density at radius 2 is 1.91 bits per heavy atom. The number of carbonyl (C=O) groups excluding carboxylic acids is 2. The Morgan fingerprint density at radius 3 is 2.50 bits per heavy atom. The number of carboxylic acid groups (broad SMARTS) is 1. The van der Waals surface area contributed by atoms with Crippen LogP contribution in [0.1, 0.15) is 52.9 Å². The smallest absolute Gasteiger partial charge is 0.408 e. The molecule has 2 aliphatic rings. The van der Waals surface area contributed by atoms with Gasteiger partial charge in [0.25, 0.3) is 0 Å². The molecule has 2 saturated heterocycles. The van der Waals surface area contributed by atoms with Crippen LogP contribution in [0.25, 0.3) is 0 Å². The third-order valence-electron chi connectivity index (χ3n) is 4.06. The largest absolute Gasteiger partial charge is 0.480 e. The minimum absolute atomic E-state index is 0.0287. The molecule has 2 N–H and O–H groups in total. The molecule has 7 heteroatoms. The highest BCUT2D eigenvalue weighted by Gasteiger charge is 2.44. The number of amides is 2. The molecule has 0 aromatic rings. The van der Waals surface area contributed by atoms with Gasteiger partial charge in [-0.2, -0.15) is 0 Å². The van der Waals surface area contributed by atoms with Crippen molar-refractivity contribution in [3.05, 3.63) is 0 Å². The second-order valence-electron chi connectivity index (χ2n) is 6.96. The normalized spacial score (nSPS) is 28.8. The van der Waals surface area contributed by atoms with Gasteiger partial charge < -0.3 is 20.1 Å². The molecule has 0 saturated carbocycles. The highest BCUT2D eigenvalue weighted by Crippen LogP contribution is 2.31. The van der Waals surface area contributed by atoms with Crippen molar-refractivity contribution in [1.29, 1.82) is 0 Å². The number of fused-ring (bicyclic) bond motifs is 1. The summed E-state index contributed by atoms with van der Waals surface area (Å²) in [4.78, 5) is 37.3. The van der Waals surface area contributed by atoms with Gasteiger partial charge in [0.2, 0.25) is 5.91 Å². The van der Waals surface area contributed by atoms with E-state index in [4.69, 9.17) is 4.74 Å². The van der Waals surface area contributed by atoms with Crippen molar-refractivity contribution in [3.8, 4) is 0 Å². The molecule has 2 aliphatic heterocycles. The molecule has 1 unspecified atom stereocenters. The predicted octanol–water partition coefficient (Wildman–Crippen LogP) is 1.51. The molecule has 0 spiro atoms. The van der Waals surface area contributed by atoms with Gasteiger partial charge >= 0.3 is 12.1 Å². The summed E-state index contributed by atoms with van der Waals surface area (Å²) < 4.78 is 5.18. The second kappa shape index (κ2) is 6.14. The Balaban J connectivity index is 2.08. The third kappa shape index (κ3) is 3.69. The summed E-state index contributed by atoms with van der Waals surface area (Å²) in [5.41, 5.74) is -0.641. The molecule has 0 bridgehead atoms. The van der Waals surface area contributed by atoms with Crippen molar-refractivity contribution >= 4 is 18.0 Å². The summed E-state index contributed by atoms with van der Waals surface area (Å²) in [6.07, 6.45) is 2.61. The van der Waals surface area contributed by atoms with Gasteiger partial charge in [0.05, 0.1) is 0 Å². The number of hydrogen-bond acceptors (Lipinski definition) is 4. The third-order valence-corrected chi connectivity index (χ3v) is 4.06. The first-order chi connectivity index (χ1) is 10.2. The molecule has 0 aromatic carbocycles. The molecule has 0 aromatic heterocycles. The Kier molecular flexibility index (Phi) is 4.63. The highest BCUT2D eigenvalue weighted by atomic mass is 16.6. The lowest BCUT2D eigenvalue weighted by Crippen LogP contribution is -2.53. The van der Waals surface area contributed by atoms with Crippen molar-refractivity contribution in [2.24, 2.45) is 0 Å². The number of carbonyl (C=O) groups is 3. The van der Waals surface area contributed by atoms with Crippen molar-refractivity contribution in [3.63, 3.8) is 0 Å². The molecule has 22 heavy (non-hydrogen) atoms. The van der Waals surface area contributed by atoms with Gasteiger partial charge in [-0.3, -0.25) is 4.79 Å². The van der Waals surface area contributed by atoms with Crippen LogP contribution in [0.5, 0.6) is 0 Å². The van der Waals surface area contributed by atoms with Crippen LogP contribution < -0.4 is 5.32 Å². The standard InChI is InChI=1S/C15H24N2O5/c1-15(2,3)22-14(21)16-10-6-4-5-9-7-8-11(13(19)20)17(9)12(10)18/h9-11H,4-8H2,1-3H3,(H,16,21)(H,19,20)/t9?,10-,11-/m0/s1. The van der Waals surface area contributed by atoms with E-state index in [1.807, 2.05) is 0 Å². The molecule has 7 nitrogen and oxygen atoms in total. The van der Waals surface area contributed by atoms with Crippen LogP contribution in [0, 0.1) is 0 Å². The summed E-state index contributed by atoms with van der Waals surface area (Å²) in [5, 5.41) is 11.9. The Hall–Kier alpha value is -1.79. The molecule has 0 radical (unpaired) electrons. The van der Waals surface area contributed by atoms with Crippen LogP contribution in [0.2, 0.25) is 0 Å². The molecular weight excluding hydrogens is 288 g/mol. The first-order valence-electron chi connectivity index (χ1n) is 7.73. The van der Waals surface area contributed by atoms with Gasteiger partial charge in [0, 0.05) is 6.04 Å². The van der Waals surface area contributed by atoms with Crippen molar-refractivity contribution in [1.82, 2.24) is 10.2 Å². The molecule has 2 heterocycles. The van der Waals surface area contributed by atoms with E-state index in [0.717, 1.165) is 12.8 Å². The zero-order valence-electron chi connectivity index (χ0n) is 13.3. The first-order valence-corrected chi connectivity index (χ1v) is 7.73. The summed E-state index contributed by atoms with van der Waals surface area (Å²) in [7, 11) is 0. The molecule has 2 rings (SSSR count). The quantitative estimate of drug-likeness (QED) is 0.805. The van der Waals surface area contributed by atoms with Crippen LogP contribution in [0.4, 0.5) is 4.79 Å². The number of aliphatic carboxylic acids is 1. The lowest BCUT2D eigenvalue weighted by Gasteiger charge is -2.29. The Labute approximate surface area is 130 Å². The second-order valence-corrected chi connectivity index (χ2v) is 6.96.